The number of carbonyl (C=O) groups is 1. The number of carbonyl (C=O) groups excluding carboxylic acids is 1. The Hall–Kier alpha value is -3.38. The molecule has 0 saturated heterocycles. The van der Waals surface area contributed by atoms with Crippen LogP contribution in [0.3, 0.4) is 0 Å². The van der Waals surface area contributed by atoms with E-state index in [4.69, 9.17) is 9.47 Å². The number of rotatable bonds is 5. The molecule has 0 aliphatic heterocycles. The fraction of sp³-hybridized carbons (Fsp3) is 0.0435. The number of nitrogens with zero attached hydrogens (tertiary/aromatic N) is 2. The van der Waals surface area contributed by atoms with Gasteiger partial charge in [0, 0.05) is 16.1 Å². The van der Waals surface area contributed by atoms with Crippen LogP contribution in [-0.4, -0.2) is 22.9 Å². The lowest BCUT2D eigenvalue weighted by atomic mass is 10.2. The van der Waals surface area contributed by atoms with Crippen LogP contribution in [0, 0.1) is 0 Å². The minimum atomic E-state index is -0.452. The number of methoxy groups -OCH3 is 1. The Morgan fingerprint density at radius 3 is 2.28 bits per heavy atom. The largest absolute Gasteiger partial charge is 0.497 e. The standard InChI is InChI=1S/C23H17BrN2O3/c1-28-20-13-11-19(12-14-20)26-22(15-21(25-26)16-5-3-2-4-6-16)29-23(27)17-7-9-18(24)10-8-17/h2-15H,1H3. The number of halogens is 1. The van der Waals surface area contributed by atoms with Crippen LogP contribution in [0.4, 0.5) is 0 Å². The summed E-state index contributed by atoms with van der Waals surface area (Å²) in [4.78, 5) is 12.7. The molecule has 0 radical (unpaired) electrons. The Morgan fingerprint density at radius 2 is 1.62 bits per heavy atom. The summed E-state index contributed by atoms with van der Waals surface area (Å²) in [5.74, 6) is 0.617. The first-order valence-corrected chi connectivity index (χ1v) is 9.71. The molecule has 4 aromatic rings. The van der Waals surface area contributed by atoms with E-state index in [1.54, 1.807) is 42.1 Å². The molecule has 144 valence electrons. The van der Waals surface area contributed by atoms with Crippen LogP contribution in [-0.2, 0) is 0 Å². The van der Waals surface area contributed by atoms with Gasteiger partial charge >= 0.3 is 5.97 Å². The van der Waals surface area contributed by atoms with Crippen molar-refractivity contribution < 1.29 is 14.3 Å². The second-order valence-corrected chi connectivity index (χ2v) is 7.16. The molecule has 0 spiro atoms. The van der Waals surface area contributed by atoms with Gasteiger partial charge in [0.25, 0.3) is 0 Å². The number of ether oxygens (including phenoxy) is 2. The second kappa shape index (κ2) is 8.32. The average Bonchev–Trinajstić information content (AvgIpc) is 3.18. The predicted molar refractivity (Wildman–Crippen MR) is 115 cm³/mol. The van der Waals surface area contributed by atoms with Crippen LogP contribution in [0.15, 0.2) is 89.4 Å². The van der Waals surface area contributed by atoms with E-state index in [-0.39, 0.29) is 0 Å². The SMILES string of the molecule is COc1ccc(-n2nc(-c3ccccc3)cc2OC(=O)c2ccc(Br)cc2)cc1. The molecule has 0 saturated carbocycles. The van der Waals surface area contributed by atoms with Crippen molar-refractivity contribution in [2.75, 3.05) is 7.11 Å². The Balaban J connectivity index is 1.73. The number of hydrogen-bond donors (Lipinski definition) is 0. The smallest absolute Gasteiger partial charge is 0.344 e. The normalized spacial score (nSPS) is 10.6. The summed E-state index contributed by atoms with van der Waals surface area (Å²) in [5, 5.41) is 4.66. The molecule has 1 heterocycles. The van der Waals surface area contributed by atoms with Gasteiger partial charge in [0.2, 0.25) is 5.88 Å². The van der Waals surface area contributed by atoms with Crippen molar-refractivity contribution in [1.82, 2.24) is 9.78 Å². The minimum Gasteiger partial charge on any atom is -0.497 e. The maximum Gasteiger partial charge on any atom is 0.344 e. The molecule has 0 amide bonds. The van der Waals surface area contributed by atoms with E-state index in [2.05, 4.69) is 21.0 Å². The number of esters is 1. The van der Waals surface area contributed by atoms with Crippen LogP contribution in [0.5, 0.6) is 11.6 Å². The van der Waals surface area contributed by atoms with Crippen molar-refractivity contribution in [3.05, 3.63) is 95.0 Å². The van der Waals surface area contributed by atoms with E-state index < -0.39 is 5.97 Å². The molecule has 0 atom stereocenters. The highest BCUT2D eigenvalue weighted by atomic mass is 79.9. The molecule has 0 aliphatic carbocycles. The first-order valence-electron chi connectivity index (χ1n) is 8.92. The van der Waals surface area contributed by atoms with Gasteiger partial charge in [0.1, 0.15) is 5.75 Å². The van der Waals surface area contributed by atoms with Gasteiger partial charge in [0.15, 0.2) is 0 Å². The van der Waals surface area contributed by atoms with Crippen molar-refractivity contribution in [2.24, 2.45) is 0 Å². The lowest BCUT2D eigenvalue weighted by molar-refractivity contribution is 0.0723. The number of hydrogen-bond acceptors (Lipinski definition) is 4. The number of aromatic nitrogens is 2. The molecule has 0 bridgehead atoms. The molecule has 3 aromatic carbocycles. The maximum absolute atomic E-state index is 12.7. The molecule has 4 rings (SSSR count). The molecular formula is C23H17BrN2O3. The molecule has 0 aliphatic rings. The molecule has 6 heteroatoms. The van der Waals surface area contributed by atoms with Gasteiger partial charge in [0.05, 0.1) is 24.1 Å². The third-order valence-corrected chi connectivity index (χ3v) is 4.87. The van der Waals surface area contributed by atoms with E-state index >= 15 is 0 Å². The highest BCUT2D eigenvalue weighted by Gasteiger charge is 2.17. The topological polar surface area (TPSA) is 53.4 Å². The summed E-state index contributed by atoms with van der Waals surface area (Å²) in [7, 11) is 1.61. The third-order valence-electron chi connectivity index (χ3n) is 4.34. The zero-order valence-electron chi connectivity index (χ0n) is 15.6. The fourth-order valence-corrected chi connectivity index (χ4v) is 3.10. The fourth-order valence-electron chi connectivity index (χ4n) is 2.83. The van der Waals surface area contributed by atoms with Gasteiger partial charge in [-0.15, -0.1) is 0 Å². The van der Waals surface area contributed by atoms with Crippen molar-refractivity contribution >= 4 is 21.9 Å². The summed E-state index contributed by atoms with van der Waals surface area (Å²) in [6.07, 6.45) is 0. The van der Waals surface area contributed by atoms with Crippen LogP contribution in [0.1, 0.15) is 10.4 Å². The summed E-state index contributed by atoms with van der Waals surface area (Å²) >= 11 is 3.37. The zero-order valence-corrected chi connectivity index (χ0v) is 17.2. The van der Waals surface area contributed by atoms with Gasteiger partial charge in [-0.2, -0.15) is 9.78 Å². The van der Waals surface area contributed by atoms with Crippen molar-refractivity contribution in [3.63, 3.8) is 0 Å². The van der Waals surface area contributed by atoms with Crippen LogP contribution in [0.2, 0.25) is 0 Å². The monoisotopic (exact) mass is 448 g/mol. The highest BCUT2D eigenvalue weighted by molar-refractivity contribution is 9.10. The molecular weight excluding hydrogens is 432 g/mol. The zero-order chi connectivity index (χ0) is 20.2. The molecule has 29 heavy (non-hydrogen) atoms. The van der Waals surface area contributed by atoms with E-state index in [0.29, 0.717) is 17.1 Å². The van der Waals surface area contributed by atoms with Gasteiger partial charge in [-0.25, -0.2) is 4.79 Å². The van der Waals surface area contributed by atoms with E-state index in [1.165, 1.54) is 0 Å². The summed E-state index contributed by atoms with van der Waals surface area (Å²) in [5.41, 5.74) is 2.85. The van der Waals surface area contributed by atoms with Gasteiger partial charge in [-0.1, -0.05) is 46.3 Å². The molecule has 0 fully saturated rings. The summed E-state index contributed by atoms with van der Waals surface area (Å²) in [6, 6.07) is 25.9. The van der Waals surface area contributed by atoms with Crippen LogP contribution < -0.4 is 9.47 Å². The molecule has 1 aromatic heterocycles. The highest BCUT2D eigenvalue weighted by Crippen LogP contribution is 2.28. The average molecular weight is 449 g/mol. The molecule has 0 unspecified atom stereocenters. The molecule has 0 N–H and O–H groups in total. The summed E-state index contributed by atoms with van der Waals surface area (Å²) < 4.78 is 13.4. The van der Waals surface area contributed by atoms with Crippen LogP contribution in [0.25, 0.3) is 16.9 Å². The Labute approximate surface area is 176 Å². The predicted octanol–water partition coefficient (Wildman–Crippen LogP) is 5.53. The Morgan fingerprint density at radius 1 is 0.931 bits per heavy atom. The van der Waals surface area contributed by atoms with Crippen molar-refractivity contribution in [1.29, 1.82) is 0 Å². The van der Waals surface area contributed by atoms with Gasteiger partial charge in [-0.05, 0) is 48.5 Å². The molecule has 5 nitrogen and oxygen atoms in total. The van der Waals surface area contributed by atoms with E-state index in [9.17, 15) is 4.79 Å². The summed E-state index contributed by atoms with van der Waals surface area (Å²) in [6.45, 7) is 0. The van der Waals surface area contributed by atoms with Crippen LogP contribution >= 0.6 is 15.9 Å². The minimum absolute atomic E-state index is 0.335. The van der Waals surface area contributed by atoms with Gasteiger partial charge < -0.3 is 9.47 Å². The third kappa shape index (κ3) is 4.22. The van der Waals surface area contributed by atoms with Gasteiger partial charge in [-0.3, -0.25) is 0 Å². The van der Waals surface area contributed by atoms with E-state index in [0.717, 1.165) is 21.5 Å². The second-order valence-electron chi connectivity index (χ2n) is 6.24. The number of benzene rings is 3. The first kappa shape index (κ1) is 19.0. The van der Waals surface area contributed by atoms with E-state index in [1.807, 2.05) is 54.6 Å². The first-order chi connectivity index (χ1) is 14.1. The Kier molecular flexibility index (Phi) is 5.44. The lowest BCUT2D eigenvalue weighted by Crippen LogP contribution is -2.11. The lowest BCUT2D eigenvalue weighted by Gasteiger charge is -2.08. The quantitative estimate of drug-likeness (QED) is 0.376. The van der Waals surface area contributed by atoms with Crippen molar-refractivity contribution in [3.8, 4) is 28.6 Å². The van der Waals surface area contributed by atoms with Crippen molar-refractivity contribution in [2.45, 2.75) is 0 Å². The Bertz CT molecular complexity index is 1120. The maximum atomic E-state index is 12.7.